The number of pyridine rings is 1. The molecule has 1 fully saturated rings. The minimum atomic E-state index is 0.338. The molecule has 4 rings (SSSR count). The van der Waals surface area contributed by atoms with Crippen molar-refractivity contribution in [2.45, 2.75) is 38.6 Å². The Bertz CT molecular complexity index is 817. The molecular weight excluding hydrogens is 274 g/mol. The third-order valence-electron chi connectivity index (χ3n) is 3.94. The zero-order valence-electron chi connectivity index (χ0n) is 12.8. The van der Waals surface area contributed by atoms with Gasteiger partial charge in [0.1, 0.15) is 0 Å². The zero-order chi connectivity index (χ0) is 15.1. The molecule has 0 bridgehead atoms. The van der Waals surface area contributed by atoms with Crippen LogP contribution in [-0.2, 0) is 0 Å². The van der Waals surface area contributed by atoms with Gasteiger partial charge in [-0.05, 0) is 37.0 Å². The summed E-state index contributed by atoms with van der Waals surface area (Å²) < 4.78 is 1.93. The van der Waals surface area contributed by atoms with Gasteiger partial charge in [0.15, 0.2) is 0 Å². The highest BCUT2D eigenvalue weighted by molar-refractivity contribution is 5.81. The lowest BCUT2D eigenvalue weighted by atomic mass is 10.0. The number of nitrogens with one attached hydrogen (secondary N) is 1. The highest BCUT2D eigenvalue weighted by Crippen LogP contribution is 2.32. The van der Waals surface area contributed by atoms with Crippen molar-refractivity contribution < 1.29 is 0 Å². The van der Waals surface area contributed by atoms with Gasteiger partial charge in [0.2, 0.25) is 5.95 Å². The fourth-order valence-electron chi connectivity index (χ4n) is 2.66. The van der Waals surface area contributed by atoms with Crippen LogP contribution in [0.4, 0.5) is 5.95 Å². The number of anilines is 1. The number of hydrogen-bond donors (Lipinski definition) is 1. The molecule has 0 spiro atoms. The molecule has 0 saturated heterocycles. The Kier molecular flexibility index (Phi) is 3.06. The summed E-state index contributed by atoms with van der Waals surface area (Å²) in [5.74, 6) is 1.05. The number of aromatic nitrogens is 4. The minimum absolute atomic E-state index is 0.338. The molecule has 1 aliphatic carbocycles. The summed E-state index contributed by atoms with van der Waals surface area (Å²) >= 11 is 0. The summed E-state index contributed by atoms with van der Waals surface area (Å²) in [6, 6.07) is 8.63. The summed E-state index contributed by atoms with van der Waals surface area (Å²) in [5.41, 5.74) is 4.20. The van der Waals surface area contributed by atoms with Crippen LogP contribution in [0.15, 0.2) is 36.7 Å². The van der Waals surface area contributed by atoms with Crippen LogP contribution in [0.3, 0.4) is 0 Å². The summed E-state index contributed by atoms with van der Waals surface area (Å²) in [4.78, 5) is 9.05. The molecule has 0 aromatic carbocycles. The minimum Gasteiger partial charge on any atom is -0.351 e. The summed E-state index contributed by atoms with van der Waals surface area (Å²) in [7, 11) is 0. The molecule has 5 heteroatoms. The van der Waals surface area contributed by atoms with Gasteiger partial charge in [-0.2, -0.15) is 5.10 Å². The van der Waals surface area contributed by atoms with Gasteiger partial charge >= 0.3 is 0 Å². The molecule has 22 heavy (non-hydrogen) atoms. The lowest BCUT2D eigenvalue weighted by Gasteiger charge is -2.07. The molecular formula is C17H19N5. The SMILES string of the molecule is CC(C)c1nn2ccccc2c1-c1ccnc(NC2CC2)n1. The highest BCUT2D eigenvalue weighted by Gasteiger charge is 2.23. The topological polar surface area (TPSA) is 55.1 Å². The van der Waals surface area contributed by atoms with Crippen molar-refractivity contribution in [2.75, 3.05) is 5.32 Å². The second-order valence-corrected chi connectivity index (χ2v) is 6.13. The van der Waals surface area contributed by atoms with Crippen molar-refractivity contribution in [3.63, 3.8) is 0 Å². The van der Waals surface area contributed by atoms with Gasteiger partial charge in [-0.15, -0.1) is 0 Å². The third kappa shape index (κ3) is 2.32. The number of hydrogen-bond acceptors (Lipinski definition) is 4. The molecule has 3 aromatic heterocycles. The van der Waals surface area contributed by atoms with Gasteiger partial charge in [-0.3, -0.25) is 0 Å². The molecule has 0 amide bonds. The van der Waals surface area contributed by atoms with E-state index in [1.165, 1.54) is 12.8 Å². The average molecular weight is 293 g/mol. The van der Waals surface area contributed by atoms with Gasteiger partial charge in [0, 0.05) is 24.0 Å². The van der Waals surface area contributed by atoms with Crippen LogP contribution >= 0.6 is 0 Å². The van der Waals surface area contributed by atoms with E-state index in [1.807, 2.05) is 35.1 Å². The van der Waals surface area contributed by atoms with Crippen molar-refractivity contribution in [1.82, 2.24) is 19.6 Å². The number of nitrogens with zero attached hydrogens (tertiary/aromatic N) is 4. The van der Waals surface area contributed by atoms with Crippen molar-refractivity contribution >= 4 is 11.5 Å². The number of fused-ring (bicyclic) bond motifs is 1. The second-order valence-electron chi connectivity index (χ2n) is 6.13. The van der Waals surface area contributed by atoms with Crippen LogP contribution in [0, 0.1) is 0 Å². The molecule has 0 aliphatic heterocycles. The first-order valence-electron chi connectivity index (χ1n) is 7.79. The molecule has 1 N–H and O–H groups in total. The maximum atomic E-state index is 4.73. The Balaban J connectivity index is 1.86. The lowest BCUT2D eigenvalue weighted by molar-refractivity contribution is 0.789. The highest BCUT2D eigenvalue weighted by atomic mass is 15.2. The predicted molar refractivity (Wildman–Crippen MR) is 87.0 cm³/mol. The summed E-state index contributed by atoms with van der Waals surface area (Å²) in [6.45, 7) is 4.33. The molecule has 0 atom stereocenters. The number of rotatable bonds is 4. The monoisotopic (exact) mass is 293 g/mol. The van der Waals surface area contributed by atoms with E-state index in [0.717, 1.165) is 22.5 Å². The third-order valence-corrected chi connectivity index (χ3v) is 3.94. The Morgan fingerprint density at radius 1 is 1.23 bits per heavy atom. The summed E-state index contributed by atoms with van der Waals surface area (Å²) in [6.07, 6.45) is 6.22. The fourth-order valence-corrected chi connectivity index (χ4v) is 2.66. The Hall–Kier alpha value is -2.43. The maximum Gasteiger partial charge on any atom is 0.223 e. The molecule has 0 radical (unpaired) electrons. The van der Waals surface area contributed by atoms with Crippen molar-refractivity contribution in [1.29, 1.82) is 0 Å². The van der Waals surface area contributed by atoms with E-state index in [-0.39, 0.29) is 0 Å². The van der Waals surface area contributed by atoms with Crippen molar-refractivity contribution in [2.24, 2.45) is 0 Å². The Morgan fingerprint density at radius 3 is 2.86 bits per heavy atom. The first-order valence-corrected chi connectivity index (χ1v) is 7.79. The first kappa shape index (κ1) is 13.2. The molecule has 1 aliphatic rings. The molecule has 112 valence electrons. The largest absolute Gasteiger partial charge is 0.351 e. The normalized spacial score (nSPS) is 14.7. The molecule has 0 unspecified atom stereocenters. The van der Waals surface area contributed by atoms with Gasteiger partial charge in [0.25, 0.3) is 0 Å². The smallest absolute Gasteiger partial charge is 0.223 e. The van der Waals surface area contributed by atoms with Gasteiger partial charge in [-0.1, -0.05) is 19.9 Å². The average Bonchev–Trinajstić information content (AvgIpc) is 3.24. The van der Waals surface area contributed by atoms with Crippen LogP contribution < -0.4 is 5.32 Å². The van der Waals surface area contributed by atoms with E-state index in [0.29, 0.717) is 17.9 Å². The van der Waals surface area contributed by atoms with Crippen molar-refractivity contribution in [3.8, 4) is 11.3 Å². The fraction of sp³-hybridized carbons (Fsp3) is 0.353. The molecule has 3 heterocycles. The van der Waals surface area contributed by atoms with E-state index >= 15 is 0 Å². The standard InChI is InChI=1S/C17H19N5/c1-11(2)16-15(14-5-3-4-10-22(14)21-16)13-8-9-18-17(20-13)19-12-6-7-12/h3-5,8-12H,6-7H2,1-2H3,(H,18,19,20). The van der Waals surface area contributed by atoms with E-state index in [1.54, 1.807) is 0 Å². The van der Waals surface area contributed by atoms with Gasteiger partial charge < -0.3 is 5.32 Å². The summed E-state index contributed by atoms with van der Waals surface area (Å²) in [5, 5.41) is 8.09. The van der Waals surface area contributed by atoms with E-state index in [9.17, 15) is 0 Å². The van der Waals surface area contributed by atoms with E-state index < -0.39 is 0 Å². The zero-order valence-corrected chi connectivity index (χ0v) is 12.8. The van der Waals surface area contributed by atoms with Gasteiger partial charge in [-0.25, -0.2) is 14.5 Å². The Morgan fingerprint density at radius 2 is 2.09 bits per heavy atom. The van der Waals surface area contributed by atoms with Gasteiger partial charge in [0.05, 0.1) is 16.9 Å². The van der Waals surface area contributed by atoms with Crippen LogP contribution in [0.5, 0.6) is 0 Å². The van der Waals surface area contributed by atoms with Crippen molar-refractivity contribution in [3.05, 3.63) is 42.4 Å². The molecule has 1 saturated carbocycles. The Labute approximate surface area is 129 Å². The first-order chi connectivity index (χ1) is 10.7. The molecule has 5 nitrogen and oxygen atoms in total. The molecule has 3 aromatic rings. The van der Waals surface area contributed by atoms with Crippen LogP contribution in [0.1, 0.15) is 38.3 Å². The maximum absolute atomic E-state index is 4.73. The van der Waals surface area contributed by atoms with Crippen LogP contribution in [0.25, 0.3) is 16.8 Å². The van der Waals surface area contributed by atoms with E-state index in [4.69, 9.17) is 10.1 Å². The predicted octanol–water partition coefficient (Wildman–Crippen LogP) is 3.49. The lowest BCUT2D eigenvalue weighted by Crippen LogP contribution is -2.05. The van der Waals surface area contributed by atoms with E-state index in [2.05, 4.69) is 30.2 Å². The quantitative estimate of drug-likeness (QED) is 0.800. The second kappa shape index (κ2) is 5.09. The van der Waals surface area contributed by atoms with Crippen LogP contribution in [0.2, 0.25) is 0 Å². The van der Waals surface area contributed by atoms with Crippen LogP contribution in [-0.4, -0.2) is 25.6 Å².